The zero-order valence-electron chi connectivity index (χ0n) is 10.5. The van der Waals surface area contributed by atoms with Gasteiger partial charge in [-0.25, -0.2) is 0 Å². The van der Waals surface area contributed by atoms with Crippen LogP contribution in [0.2, 0.25) is 0 Å². The Bertz CT molecular complexity index is 405. The van der Waals surface area contributed by atoms with Gasteiger partial charge < -0.3 is 9.84 Å². The molecule has 0 saturated heterocycles. The van der Waals surface area contributed by atoms with Gasteiger partial charge in [-0.05, 0) is 49.3 Å². The average molecular weight is 220 g/mol. The first kappa shape index (κ1) is 11.5. The fraction of sp³-hybridized carbons (Fsp3) is 0.571. The molecule has 1 aromatic carbocycles. The van der Waals surface area contributed by atoms with Crippen LogP contribution in [0.1, 0.15) is 42.6 Å². The third-order valence-corrected chi connectivity index (χ3v) is 3.69. The highest BCUT2D eigenvalue weighted by molar-refractivity contribution is 5.45. The summed E-state index contributed by atoms with van der Waals surface area (Å²) in [6.45, 7) is 6.22. The summed E-state index contributed by atoms with van der Waals surface area (Å²) in [6, 6.07) is 4.10. The molecule has 0 bridgehead atoms. The number of methoxy groups -OCH3 is 1. The van der Waals surface area contributed by atoms with Crippen LogP contribution in [0.5, 0.6) is 5.75 Å². The first-order chi connectivity index (χ1) is 7.48. The molecule has 1 aliphatic rings. The van der Waals surface area contributed by atoms with Gasteiger partial charge in [-0.2, -0.15) is 0 Å². The van der Waals surface area contributed by atoms with Crippen molar-refractivity contribution in [1.82, 2.24) is 0 Å². The number of hydrogen-bond acceptors (Lipinski definition) is 2. The molecule has 1 unspecified atom stereocenters. The van der Waals surface area contributed by atoms with Crippen molar-refractivity contribution in [3.63, 3.8) is 0 Å². The van der Waals surface area contributed by atoms with Crippen molar-refractivity contribution in [1.29, 1.82) is 0 Å². The minimum absolute atomic E-state index is 0.0628. The maximum absolute atomic E-state index is 10.4. The molecule has 0 spiro atoms. The van der Waals surface area contributed by atoms with Gasteiger partial charge >= 0.3 is 0 Å². The van der Waals surface area contributed by atoms with Crippen molar-refractivity contribution < 1.29 is 9.84 Å². The Labute approximate surface area is 97.3 Å². The highest BCUT2D eigenvalue weighted by Crippen LogP contribution is 2.56. The lowest BCUT2D eigenvalue weighted by Crippen LogP contribution is -2.12. The Morgan fingerprint density at radius 3 is 2.44 bits per heavy atom. The minimum atomic E-state index is -0.400. The molecule has 1 saturated carbocycles. The van der Waals surface area contributed by atoms with Crippen LogP contribution in [0.25, 0.3) is 0 Å². The molecule has 0 aromatic heterocycles. The van der Waals surface area contributed by atoms with Gasteiger partial charge in [-0.1, -0.05) is 13.0 Å². The van der Waals surface area contributed by atoms with Crippen LogP contribution in [-0.2, 0) is 0 Å². The zero-order chi connectivity index (χ0) is 11.9. The van der Waals surface area contributed by atoms with Crippen LogP contribution < -0.4 is 4.74 Å². The van der Waals surface area contributed by atoms with Crippen molar-refractivity contribution in [2.75, 3.05) is 7.11 Å². The van der Waals surface area contributed by atoms with Crippen LogP contribution >= 0.6 is 0 Å². The molecular weight excluding hydrogens is 200 g/mol. The molecule has 2 heteroatoms. The largest absolute Gasteiger partial charge is 0.496 e. The Morgan fingerprint density at radius 1 is 1.31 bits per heavy atom. The average Bonchev–Trinajstić information content (AvgIpc) is 2.96. The molecular formula is C14H20O2. The molecule has 0 amide bonds. The standard InChI is InChI=1S/C14H20O2/c1-9-7-10(2)12(11(8-9)16-4)13(15)14(3)5-6-14/h7-8,13,15H,5-6H2,1-4H3. The van der Waals surface area contributed by atoms with Crippen molar-refractivity contribution in [2.45, 2.75) is 39.7 Å². The molecule has 0 heterocycles. The van der Waals surface area contributed by atoms with Crippen LogP contribution in [0.15, 0.2) is 12.1 Å². The van der Waals surface area contributed by atoms with Gasteiger partial charge in [0, 0.05) is 5.56 Å². The van der Waals surface area contributed by atoms with E-state index in [0.29, 0.717) is 0 Å². The summed E-state index contributed by atoms with van der Waals surface area (Å²) in [5.41, 5.74) is 3.32. The van der Waals surface area contributed by atoms with E-state index in [9.17, 15) is 5.11 Å². The van der Waals surface area contributed by atoms with E-state index < -0.39 is 6.10 Å². The van der Waals surface area contributed by atoms with Crippen LogP contribution in [0, 0.1) is 19.3 Å². The summed E-state index contributed by atoms with van der Waals surface area (Å²) in [4.78, 5) is 0. The Morgan fingerprint density at radius 2 is 1.94 bits per heavy atom. The first-order valence-electron chi connectivity index (χ1n) is 5.81. The maximum Gasteiger partial charge on any atom is 0.125 e. The molecule has 0 radical (unpaired) electrons. The van der Waals surface area contributed by atoms with E-state index in [4.69, 9.17) is 4.74 Å². The summed E-state index contributed by atoms with van der Waals surface area (Å²) in [5, 5.41) is 10.4. The lowest BCUT2D eigenvalue weighted by Gasteiger charge is -2.23. The molecule has 1 fully saturated rings. The molecule has 88 valence electrons. The fourth-order valence-corrected chi connectivity index (χ4v) is 2.28. The van der Waals surface area contributed by atoms with Gasteiger partial charge in [-0.15, -0.1) is 0 Å². The summed E-state index contributed by atoms with van der Waals surface area (Å²) in [6.07, 6.45) is 1.80. The SMILES string of the molecule is COc1cc(C)cc(C)c1C(O)C1(C)CC1. The Hall–Kier alpha value is -1.02. The van der Waals surface area contributed by atoms with E-state index in [1.165, 1.54) is 5.56 Å². The Kier molecular flexibility index (Phi) is 2.70. The van der Waals surface area contributed by atoms with Crippen molar-refractivity contribution in [2.24, 2.45) is 5.41 Å². The predicted molar refractivity (Wildman–Crippen MR) is 64.8 cm³/mol. The Balaban J connectivity index is 2.46. The number of aliphatic hydroxyl groups is 1. The number of benzene rings is 1. The van der Waals surface area contributed by atoms with Crippen molar-refractivity contribution in [3.8, 4) is 5.75 Å². The van der Waals surface area contributed by atoms with E-state index in [2.05, 4.69) is 13.0 Å². The summed E-state index contributed by atoms with van der Waals surface area (Å²) in [7, 11) is 1.67. The molecule has 1 aliphatic carbocycles. The molecule has 2 rings (SSSR count). The number of aryl methyl sites for hydroxylation is 2. The predicted octanol–water partition coefficient (Wildman–Crippen LogP) is 3.15. The maximum atomic E-state index is 10.4. The van der Waals surface area contributed by atoms with E-state index in [1.807, 2.05) is 19.9 Å². The van der Waals surface area contributed by atoms with Crippen LogP contribution in [-0.4, -0.2) is 12.2 Å². The van der Waals surface area contributed by atoms with Gasteiger partial charge in [-0.3, -0.25) is 0 Å². The summed E-state index contributed by atoms with van der Waals surface area (Å²) >= 11 is 0. The van der Waals surface area contributed by atoms with Crippen molar-refractivity contribution in [3.05, 3.63) is 28.8 Å². The molecule has 0 aliphatic heterocycles. The lowest BCUT2D eigenvalue weighted by atomic mass is 9.90. The minimum Gasteiger partial charge on any atom is -0.496 e. The summed E-state index contributed by atoms with van der Waals surface area (Å²) in [5.74, 6) is 0.818. The van der Waals surface area contributed by atoms with Crippen LogP contribution in [0.3, 0.4) is 0 Å². The normalized spacial score (nSPS) is 19.3. The molecule has 1 aromatic rings. The van der Waals surface area contributed by atoms with Gasteiger partial charge in [0.15, 0.2) is 0 Å². The second kappa shape index (κ2) is 3.77. The fourth-order valence-electron chi connectivity index (χ4n) is 2.28. The van der Waals surface area contributed by atoms with Crippen molar-refractivity contribution >= 4 is 0 Å². The second-order valence-corrected chi connectivity index (χ2v) is 5.25. The smallest absolute Gasteiger partial charge is 0.125 e. The lowest BCUT2D eigenvalue weighted by molar-refractivity contribution is 0.1000. The van der Waals surface area contributed by atoms with E-state index in [1.54, 1.807) is 7.11 Å². The van der Waals surface area contributed by atoms with Crippen LogP contribution in [0.4, 0.5) is 0 Å². The van der Waals surface area contributed by atoms with Gasteiger partial charge in [0.25, 0.3) is 0 Å². The van der Waals surface area contributed by atoms with Gasteiger partial charge in [0.1, 0.15) is 5.75 Å². The quantitative estimate of drug-likeness (QED) is 0.848. The summed E-state index contributed by atoms with van der Waals surface area (Å²) < 4.78 is 5.39. The number of aliphatic hydroxyl groups excluding tert-OH is 1. The molecule has 1 N–H and O–H groups in total. The van der Waals surface area contributed by atoms with E-state index in [0.717, 1.165) is 29.7 Å². The third kappa shape index (κ3) is 1.82. The highest BCUT2D eigenvalue weighted by atomic mass is 16.5. The molecule has 1 atom stereocenters. The van der Waals surface area contributed by atoms with Gasteiger partial charge in [0.05, 0.1) is 13.2 Å². The topological polar surface area (TPSA) is 29.5 Å². The number of hydrogen-bond donors (Lipinski definition) is 1. The molecule has 2 nitrogen and oxygen atoms in total. The van der Waals surface area contributed by atoms with E-state index >= 15 is 0 Å². The second-order valence-electron chi connectivity index (χ2n) is 5.25. The number of ether oxygens (including phenoxy) is 1. The monoisotopic (exact) mass is 220 g/mol. The van der Waals surface area contributed by atoms with E-state index in [-0.39, 0.29) is 5.41 Å². The molecule has 16 heavy (non-hydrogen) atoms. The number of rotatable bonds is 3. The van der Waals surface area contributed by atoms with Gasteiger partial charge in [0.2, 0.25) is 0 Å². The zero-order valence-corrected chi connectivity index (χ0v) is 10.5. The highest BCUT2D eigenvalue weighted by Gasteiger charge is 2.46. The third-order valence-electron chi connectivity index (χ3n) is 3.69. The first-order valence-corrected chi connectivity index (χ1v) is 5.81.